The molecule has 0 heteroatoms. The summed E-state index contributed by atoms with van der Waals surface area (Å²) in [5.41, 5.74) is 0.865. The lowest BCUT2D eigenvalue weighted by atomic mass is 9.61. The van der Waals surface area contributed by atoms with Gasteiger partial charge in [0.15, 0.2) is 0 Å². The number of hydrogen-bond donors (Lipinski definition) is 0. The zero-order chi connectivity index (χ0) is 11.5. The molecule has 0 aliphatic heterocycles. The largest absolute Gasteiger partial charge is 0.0651 e. The highest BCUT2D eigenvalue weighted by atomic mass is 14.8. The van der Waals surface area contributed by atoms with Crippen LogP contribution in [0.15, 0.2) is 0 Å². The van der Waals surface area contributed by atoms with Gasteiger partial charge >= 0.3 is 0 Å². The summed E-state index contributed by atoms with van der Waals surface area (Å²) in [7, 11) is 0. The van der Waals surface area contributed by atoms with Gasteiger partial charge in [-0.05, 0) is 60.2 Å². The Bertz CT molecular complexity index is 280. The maximum absolute atomic E-state index is 2.44. The highest BCUT2D eigenvalue weighted by molar-refractivity contribution is 5.25. The van der Waals surface area contributed by atoms with Crippen molar-refractivity contribution in [1.82, 2.24) is 0 Å². The van der Waals surface area contributed by atoms with E-state index in [9.17, 15) is 0 Å². The van der Waals surface area contributed by atoms with Crippen LogP contribution in [0.1, 0.15) is 59.8 Å². The normalized spacial score (nSPS) is 50.1. The maximum Gasteiger partial charge on any atom is -0.0204 e. The molecule has 4 aliphatic rings. The molecule has 92 valence electrons. The second-order valence-electron chi connectivity index (χ2n) is 7.24. The molecule has 0 N–H and O–H groups in total. The predicted molar refractivity (Wildman–Crippen MR) is 69.2 cm³/mol. The zero-order valence-corrected chi connectivity index (χ0v) is 11.5. The van der Waals surface area contributed by atoms with Gasteiger partial charge in [-0.1, -0.05) is 40.5 Å². The van der Waals surface area contributed by atoms with Crippen LogP contribution in [0, 0.1) is 40.9 Å². The van der Waals surface area contributed by atoms with Crippen LogP contribution in [0.5, 0.6) is 0 Å². The summed E-state index contributed by atoms with van der Waals surface area (Å²) in [6.45, 7) is 9.68. The van der Waals surface area contributed by atoms with Gasteiger partial charge in [-0.25, -0.2) is 0 Å². The fraction of sp³-hybridized carbons (Fsp3) is 1.00. The highest BCUT2D eigenvalue weighted by Gasteiger charge is 2.77. The topological polar surface area (TPSA) is 0 Å². The molecule has 0 spiro atoms. The van der Waals surface area contributed by atoms with Crippen LogP contribution >= 0.6 is 0 Å². The van der Waals surface area contributed by atoms with E-state index < -0.39 is 0 Å². The lowest BCUT2D eigenvalue weighted by Crippen LogP contribution is -2.36. The summed E-state index contributed by atoms with van der Waals surface area (Å²) in [4.78, 5) is 0. The SMILES string of the molecule is CCC1C2CC1C1(C(CC)CC(C)C)CC21. The molecule has 6 unspecified atom stereocenters. The molecule has 0 saturated heterocycles. The Hall–Kier alpha value is 0. The summed E-state index contributed by atoms with van der Waals surface area (Å²) in [5, 5.41) is 0. The molecule has 0 nitrogen and oxygen atoms in total. The first-order valence-electron chi connectivity index (χ1n) is 7.65. The van der Waals surface area contributed by atoms with Crippen molar-refractivity contribution in [2.24, 2.45) is 40.9 Å². The van der Waals surface area contributed by atoms with E-state index in [1.54, 1.807) is 12.8 Å². The Kier molecular flexibility index (Phi) is 2.43. The molecule has 0 aromatic rings. The minimum Gasteiger partial charge on any atom is -0.0651 e. The van der Waals surface area contributed by atoms with Crippen molar-refractivity contribution >= 4 is 0 Å². The Morgan fingerprint density at radius 1 is 1.19 bits per heavy atom. The quantitative estimate of drug-likeness (QED) is 0.627. The third kappa shape index (κ3) is 1.17. The summed E-state index contributed by atoms with van der Waals surface area (Å²) < 4.78 is 0. The summed E-state index contributed by atoms with van der Waals surface area (Å²) in [6.07, 6.45) is 7.62. The van der Waals surface area contributed by atoms with Gasteiger partial charge in [-0.3, -0.25) is 0 Å². The van der Waals surface area contributed by atoms with E-state index in [-0.39, 0.29) is 0 Å². The van der Waals surface area contributed by atoms with Gasteiger partial charge in [0, 0.05) is 0 Å². The maximum atomic E-state index is 2.44. The molecular weight excluding hydrogens is 192 g/mol. The van der Waals surface area contributed by atoms with Crippen LogP contribution in [0.4, 0.5) is 0 Å². The van der Waals surface area contributed by atoms with Gasteiger partial charge in [0.05, 0.1) is 0 Å². The van der Waals surface area contributed by atoms with Crippen molar-refractivity contribution in [1.29, 1.82) is 0 Å². The van der Waals surface area contributed by atoms with Crippen LogP contribution in [0.25, 0.3) is 0 Å². The molecule has 0 radical (unpaired) electrons. The minimum atomic E-state index is 0.865. The Morgan fingerprint density at radius 2 is 1.94 bits per heavy atom. The molecule has 6 atom stereocenters. The van der Waals surface area contributed by atoms with Crippen molar-refractivity contribution in [3.63, 3.8) is 0 Å². The first-order chi connectivity index (χ1) is 7.65. The molecule has 0 aromatic carbocycles. The van der Waals surface area contributed by atoms with Crippen LogP contribution in [-0.2, 0) is 0 Å². The van der Waals surface area contributed by atoms with Gasteiger partial charge < -0.3 is 0 Å². The van der Waals surface area contributed by atoms with E-state index in [1.165, 1.54) is 25.2 Å². The lowest BCUT2D eigenvalue weighted by molar-refractivity contribution is 0.0520. The van der Waals surface area contributed by atoms with Crippen molar-refractivity contribution < 1.29 is 0 Å². The predicted octanol–water partition coefficient (Wildman–Crippen LogP) is 4.74. The molecule has 4 fully saturated rings. The van der Waals surface area contributed by atoms with Gasteiger partial charge in [0.1, 0.15) is 0 Å². The fourth-order valence-corrected chi connectivity index (χ4v) is 5.82. The molecule has 2 bridgehead atoms. The molecular formula is C16H28. The molecule has 4 rings (SSSR count). The first-order valence-corrected chi connectivity index (χ1v) is 7.65. The van der Waals surface area contributed by atoms with Crippen molar-refractivity contribution in [3.05, 3.63) is 0 Å². The second-order valence-corrected chi connectivity index (χ2v) is 7.24. The third-order valence-electron chi connectivity index (χ3n) is 6.38. The van der Waals surface area contributed by atoms with Gasteiger partial charge in [-0.2, -0.15) is 0 Å². The Morgan fingerprint density at radius 3 is 2.44 bits per heavy atom. The van der Waals surface area contributed by atoms with Crippen molar-refractivity contribution in [2.45, 2.75) is 59.8 Å². The zero-order valence-electron chi connectivity index (χ0n) is 11.5. The highest BCUT2D eigenvalue weighted by Crippen LogP contribution is 2.83. The van der Waals surface area contributed by atoms with E-state index in [4.69, 9.17) is 0 Å². The summed E-state index contributed by atoms with van der Waals surface area (Å²) >= 11 is 0. The van der Waals surface area contributed by atoms with E-state index >= 15 is 0 Å². The van der Waals surface area contributed by atoms with Crippen molar-refractivity contribution in [2.75, 3.05) is 0 Å². The fourth-order valence-electron chi connectivity index (χ4n) is 5.82. The van der Waals surface area contributed by atoms with Crippen LogP contribution in [-0.4, -0.2) is 0 Å². The third-order valence-corrected chi connectivity index (χ3v) is 6.38. The number of hydrogen-bond acceptors (Lipinski definition) is 0. The van der Waals surface area contributed by atoms with E-state index in [0.29, 0.717) is 0 Å². The molecule has 16 heavy (non-hydrogen) atoms. The summed E-state index contributed by atoms with van der Waals surface area (Å²) in [6, 6.07) is 0. The van der Waals surface area contributed by atoms with Gasteiger partial charge in [0.25, 0.3) is 0 Å². The molecule has 0 amide bonds. The van der Waals surface area contributed by atoms with Gasteiger partial charge in [0.2, 0.25) is 0 Å². The molecule has 0 aromatic heterocycles. The second kappa shape index (κ2) is 3.50. The smallest absolute Gasteiger partial charge is 0.0204 e. The standard InChI is InChI=1S/C16H28/c1-5-11(7-10(3)4)16-9-15(16)13-8-14(16)12(13)6-2/h10-15H,5-9H2,1-4H3. The Labute approximate surface area is 101 Å². The average molecular weight is 220 g/mol. The summed E-state index contributed by atoms with van der Waals surface area (Å²) in [5.74, 6) is 6.58. The monoisotopic (exact) mass is 220 g/mol. The Balaban J connectivity index is 1.75. The van der Waals surface area contributed by atoms with Crippen LogP contribution in [0.3, 0.4) is 0 Å². The molecule has 4 aliphatic carbocycles. The lowest BCUT2D eigenvalue weighted by Gasteiger charge is -2.43. The van der Waals surface area contributed by atoms with Crippen LogP contribution in [0.2, 0.25) is 0 Å². The van der Waals surface area contributed by atoms with Crippen LogP contribution < -0.4 is 0 Å². The number of rotatable bonds is 5. The van der Waals surface area contributed by atoms with Crippen molar-refractivity contribution in [3.8, 4) is 0 Å². The van der Waals surface area contributed by atoms with E-state index in [0.717, 1.165) is 35.0 Å². The van der Waals surface area contributed by atoms with Gasteiger partial charge in [-0.15, -0.1) is 0 Å². The molecule has 0 heterocycles. The van der Waals surface area contributed by atoms with E-state index in [2.05, 4.69) is 27.7 Å². The first kappa shape index (κ1) is 11.1. The average Bonchev–Trinajstić information content (AvgIpc) is 2.75. The minimum absolute atomic E-state index is 0.865. The molecule has 4 saturated carbocycles. The van der Waals surface area contributed by atoms with E-state index in [1.807, 2.05) is 0 Å².